The van der Waals surface area contributed by atoms with Crippen LogP contribution in [0.2, 0.25) is 0 Å². The van der Waals surface area contributed by atoms with E-state index in [4.69, 9.17) is 0 Å². The fraction of sp³-hybridized carbons (Fsp3) is 0.122. The SMILES string of the molecule is CC.Cc1ccc(-c2ccc(N(c3ccc(C)cc3)c3ccc(-c4ccc(N(C)c5ccccc5)c(F)c4)cc3F)cc2)cc1. The van der Waals surface area contributed by atoms with Gasteiger partial charge in [0.15, 0.2) is 0 Å². The lowest BCUT2D eigenvalue weighted by Gasteiger charge is -2.26. The molecule has 0 unspecified atom stereocenters. The molecule has 0 heterocycles. The van der Waals surface area contributed by atoms with Gasteiger partial charge in [-0.05, 0) is 96.8 Å². The average Bonchev–Trinajstić information content (AvgIpc) is 3.08. The molecule has 6 aromatic rings. The molecule has 0 radical (unpaired) electrons. The summed E-state index contributed by atoms with van der Waals surface area (Å²) < 4.78 is 31.3. The summed E-state index contributed by atoms with van der Waals surface area (Å²) in [7, 11) is 1.83. The molecule has 0 spiro atoms. The summed E-state index contributed by atoms with van der Waals surface area (Å²) in [4.78, 5) is 3.71. The van der Waals surface area contributed by atoms with Crippen molar-refractivity contribution in [2.24, 2.45) is 0 Å². The first-order valence-electron chi connectivity index (χ1n) is 15.3. The predicted octanol–water partition coefficient (Wildman–Crippen LogP) is 12.2. The highest BCUT2D eigenvalue weighted by Gasteiger charge is 2.18. The third kappa shape index (κ3) is 6.97. The second kappa shape index (κ2) is 14.0. The number of hydrogen-bond acceptors (Lipinski definition) is 2. The summed E-state index contributed by atoms with van der Waals surface area (Å²) in [5, 5.41) is 0. The molecule has 226 valence electrons. The van der Waals surface area contributed by atoms with Crippen molar-refractivity contribution in [3.63, 3.8) is 0 Å². The number of benzene rings is 6. The zero-order valence-corrected chi connectivity index (χ0v) is 26.4. The Kier molecular flexibility index (Phi) is 9.74. The summed E-state index contributed by atoms with van der Waals surface area (Å²) in [5.41, 5.74) is 9.20. The fourth-order valence-electron chi connectivity index (χ4n) is 5.29. The molecule has 6 aromatic carbocycles. The van der Waals surface area contributed by atoms with Crippen LogP contribution in [0.1, 0.15) is 25.0 Å². The molecular weight excluding hydrogens is 558 g/mol. The molecule has 6 rings (SSSR count). The predicted molar refractivity (Wildman–Crippen MR) is 187 cm³/mol. The van der Waals surface area contributed by atoms with Gasteiger partial charge in [0.05, 0.1) is 11.4 Å². The lowest BCUT2D eigenvalue weighted by atomic mass is 10.0. The maximum atomic E-state index is 16.0. The third-order valence-electron chi connectivity index (χ3n) is 7.78. The van der Waals surface area contributed by atoms with E-state index < -0.39 is 5.82 Å². The smallest absolute Gasteiger partial charge is 0.147 e. The number of nitrogens with zero attached hydrogens (tertiary/aromatic N) is 2. The van der Waals surface area contributed by atoms with Gasteiger partial charge in [0.1, 0.15) is 11.6 Å². The Balaban J connectivity index is 0.00000196. The lowest BCUT2D eigenvalue weighted by molar-refractivity contribution is 0.626. The highest BCUT2D eigenvalue weighted by Crippen LogP contribution is 2.39. The number of rotatable bonds is 7. The second-order valence-electron chi connectivity index (χ2n) is 10.8. The zero-order chi connectivity index (χ0) is 31.9. The van der Waals surface area contributed by atoms with Gasteiger partial charge in [-0.15, -0.1) is 0 Å². The molecular formula is C41H38F2N2. The maximum Gasteiger partial charge on any atom is 0.147 e. The molecule has 0 N–H and O–H groups in total. The normalized spacial score (nSPS) is 10.6. The molecule has 2 nitrogen and oxygen atoms in total. The number of para-hydroxylation sites is 1. The topological polar surface area (TPSA) is 6.48 Å². The lowest BCUT2D eigenvalue weighted by Crippen LogP contribution is -2.12. The van der Waals surface area contributed by atoms with E-state index in [1.807, 2.05) is 112 Å². The molecule has 0 aliphatic carbocycles. The maximum absolute atomic E-state index is 16.0. The molecule has 45 heavy (non-hydrogen) atoms. The molecule has 0 saturated carbocycles. The van der Waals surface area contributed by atoms with Crippen LogP contribution in [-0.4, -0.2) is 7.05 Å². The van der Waals surface area contributed by atoms with Gasteiger partial charge in [-0.25, -0.2) is 8.78 Å². The Morgan fingerprint density at radius 1 is 0.422 bits per heavy atom. The van der Waals surface area contributed by atoms with E-state index in [-0.39, 0.29) is 5.82 Å². The van der Waals surface area contributed by atoms with Crippen LogP contribution in [0, 0.1) is 25.5 Å². The highest BCUT2D eigenvalue weighted by molar-refractivity contribution is 5.80. The van der Waals surface area contributed by atoms with Crippen molar-refractivity contribution in [3.8, 4) is 22.3 Å². The van der Waals surface area contributed by atoms with E-state index in [1.54, 1.807) is 17.0 Å². The monoisotopic (exact) mass is 596 g/mol. The minimum atomic E-state index is -0.397. The van der Waals surface area contributed by atoms with Gasteiger partial charge < -0.3 is 9.80 Å². The summed E-state index contributed by atoms with van der Waals surface area (Å²) in [5.74, 6) is -0.769. The second-order valence-corrected chi connectivity index (χ2v) is 10.8. The van der Waals surface area contributed by atoms with Crippen molar-refractivity contribution in [2.45, 2.75) is 27.7 Å². The fourth-order valence-corrected chi connectivity index (χ4v) is 5.29. The molecule has 0 aliphatic rings. The van der Waals surface area contributed by atoms with Crippen molar-refractivity contribution < 1.29 is 8.78 Å². The van der Waals surface area contributed by atoms with Gasteiger partial charge in [-0.2, -0.15) is 0 Å². The Morgan fingerprint density at radius 2 is 0.822 bits per heavy atom. The summed E-state index contributed by atoms with van der Waals surface area (Å²) >= 11 is 0. The summed E-state index contributed by atoms with van der Waals surface area (Å²) in [6.45, 7) is 8.10. The minimum absolute atomic E-state index is 0.372. The first-order chi connectivity index (χ1) is 21.9. The Morgan fingerprint density at radius 3 is 1.31 bits per heavy atom. The molecule has 0 amide bonds. The standard InChI is InChI=1S/C39H32F2N2.C2H6/c1-27-9-13-29(14-10-27)30-15-21-35(22-16-30)43(34-19-11-28(2)12-20-34)39-24-18-32(26-37(39)41)31-17-23-38(36(40)25-31)42(3)33-7-5-4-6-8-33;1-2/h4-26H,1-3H3;1-2H3. The van der Waals surface area contributed by atoms with Crippen molar-refractivity contribution in [3.05, 3.63) is 162 Å². The summed E-state index contributed by atoms with van der Waals surface area (Å²) in [6.07, 6.45) is 0. The van der Waals surface area contributed by atoms with Gasteiger partial charge in [-0.3, -0.25) is 0 Å². The van der Waals surface area contributed by atoms with Crippen LogP contribution < -0.4 is 9.80 Å². The van der Waals surface area contributed by atoms with E-state index in [2.05, 4.69) is 43.3 Å². The van der Waals surface area contributed by atoms with Crippen LogP contribution in [0.3, 0.4) is 0 Å². The van der Waals surface area contributed by atoms with Crippen molar-refractivity contribution in [2.75, 3.05) is 16.8 Å². The minimum Gasteiger partial charge on any atom is -0.342 e. The summed E-state index contributed by atoms with van der Waals surface area (Å²) in [6, 6.07) is 44.3. The molecule has 0 saturated heterocycles. The van der Waals surface area contributed by atoms with E-state index in [0.717, 1.165) is 33.8 Å². The van der Waals surface area contributed by atoms with Crippen LogP contribution in [0.4, 0.5) is 37.2 Å². The molecule has 0 aliphatic heterocycles. The zero-order valence-electron chi connectivity index (χ0n) is 26.4. The van der Waals surface area contributed by atoms with Crippen LogP contribution in [0.5, 0.6) is 0 Å². The molecule has 0 aromatic heterocycles. The van der Waals surface area contributed by atoms with Gasteiger partial charge in [0, 0.05) is 24.1 Å². The first-order valence-corrected chi connectivity index (χ1v) is 15.3. The van der Waals surface area contributed by atoms with Gasteiger partial charge >= 0.3 is 0 Å². The molecule has 4 heteroatoms. The van der Waals surface area contributed by atoms with E-state index in [9.17, 15) is 0 Å². The first kappa shape index (κ1) is 31.2. The Bertz CT molecular complexity index is 1850. The van der Waals surface area contributed by atoms with Crippen LogP contribution in [0.15, 0.2) is 140 Å². The Labute approximate surface area is 265 Å². The largest absolute Gasteiger partial charge is 0.342 e. The van der Waals surface area contributed by atoms with Crippen LogP contribution in [0.25, 0.3) is 22.3 Å². The molecule has 0 atom stereocenters. The van der Waals surface area contributed by atoms with Gasteiger partial charge in [-0.1, -0.05) is 104 Å². The molecule has 0 bridgehead atoms. The number of anilines is 5. The van der Waals surface area contributed by atoms with E-state index in [0.29, 0.717) is 22.5 Å². The van der Waals surface area contributed by atoms with Gasteiger partial charge in [0.25, 0.3) is 0 Å². The van der Waals surface area contributed by atoms with Crippen LogP contribution >= 0.6 is 0 Å². The third-order valence-corrected chi connectivity index (χ3v) is 7.78. The number of hydrogen-bond donors (Lipinski definition) is 0. The van der Waals surface area contributed by atoms with Gasteiger partial charge in [0.2, 0.25) is 0 Å². The number of halogens is 2. The van der Waals surface area contributed by atoms with Crippen LogP contribution in [-0.2, 0) is 0 Å². The number of aryl methyl sites for hydroxylation is 2. The van der Waals surface area contributed by atoms with E-state index >= 15 is 8.78 Å². The van der Waals surface area contributed by atoms with E-state index in [1.165, 1.54) is 17.7 Å². The molecule has 0 fully saturated rings. The Hall–Kier alpha value is -5.22. The van der Waals surface area contributed by atoms with Crippen molar-refractivity contribution in [1.29, 1.82) is 0 Å². The van der Waals surface area contributed by atoms with Crippen molar-refractivity contribution in [1.82, 2.24) is 0 Å². The highest BCUT2D eigenvalue weighted by atomic mass is 19.1. The quantitative estimate of drug-likeness (QED) is 0.181. The van der Waals surface area contributed by atoms with Crippen molar-refractivity contribution >= 4 is 28.4 Å². The average molecular weight is 597 g/mol.